The van der Waals surface area contributed by atoms with E-state index >= 15 is 0 Å². The van der Waals surface area contributed by atoms with E-state index in [1.807, 2.05) is 62.4 Å². The summed E-state index contributed by atoms with van der Waals surface area (Å²) in [4.78, 5) is 9.11. The molecule has 0 spiro atoms. The smallest absolute Gasteiger partial charge is 0.127 e. The second-order valence-corrected chi connectivity index (χ2v) is 8.90. The second-order valence-electron chi connectivity index (χ2n) is 8.90. The fourth-order valence-corrected chi connectivity index (χ4v) is 3.48. The molecule has 0 amide bonds. The van der Waals surface area contributed by atoms with Crippen LogP contribution in [-0.2, 0) is 0 Å². The van der Waals surface area contributed by atoms with E-state index in [0.717, 1.165) is 22.5 Å². The van der Waals surface area contributed by atoms with Crippen molar-refractivity contribution >= 4 is 23.8 Å². The van der Waals surface area contributed by atoms with Crippen LogP contribution in [0, 0.1) is 13.8 Å². The Kier molecular flexibility index (Phi) is 7.14. The zero-order chi connectivity index (χ0) is 23.4. The maximum absolute atomic E-state index is 10.4. The molecule has 0 saturated carbocycles. The molecule has 0 bridgehead atoms. The minimum atomic E-state index is 0.253. The highest BCUT2D eigenvalue weighted by Crippen LogP contribution is 2.29. The van der Waals surface area contributed by atoms with Gasteiger partial charge in [-0.15, -0.1) is 0 Å². The van der Waals surface area contributed by atoms with Gasteiger partial charge < -0.3 is 10.2 Å². The summed E-state index contributed by atoms with van der Waals surface area (Å²) in [6.07, 6.45) is 3.39. The molecule has 0 aliphatic heterocycles. The third-order valence-electron chi connectivity index (χ3n) is 5.57. The van der Waals surface area contributed by atoms with Crippen LogP contribution in [0.2, 0.25) is 0 Å². The van der Waals surface area contributed by atoms with Gasteiger partial charge in [-0.2, -0.15) is 0 Å². The van der Waals surface area contributed by atoms with Crippen molar-refractivity contribution in [2.75, 3.05) is 0 Å². The van der Waals surface area contributed by atoms with Crippen LogP contribution in [0.5, 0.6) is 11.5 Å². The number of phenolic OH excluding ortho intramolecular Hbond substituents is 2. The van der Waals surface area contributed by atoms with Gasteiger partial charge in [0.25, 0.3) is 0 Å². The van der Waals surface area contributed by atoms with Crippen molar-refractivity contribution in [2.45, 2.75) is 53.4 Å². The van der Waals surface area contributed by atoms with Crippen LogP contribution < -0.4 is 0 Å². The summed E-state index contributed by atoms with van der Waals surface area (Å²) in [5.41, 5.74) is 6.90. The molecule has 3 aromatic carbocycles. The van der Waals surface area contributed by atoms with Crippen LogP contribution >= 0.6 is 0 Å². The zero-order valence-corrected chi connectivity index (χ0v) is 19.7. The van der Waals surface area contributed by atoms with Gasteiger partial charge in [0.05, 0.1) is 11.4 Å². The quantitative estimate of drug-likeness (QED) is 0.400. The highest BCUT2D eigenvalue weighted by atomic mass is 16.3. The van der Waals surface area contributed by atoms with Crippen molar-refractivity contribution < 1.29 is 10.2 Å². The summed E-state index contributed by atoms with van der Waals surface area (Å²) in [5, 5.41) is 20.8. The molecule has 32 heavy (non-hydrogen) atoms. The first kappa shape index (κ1) is 23.3. The molecule has 0 heterocycles. The maximum Gasteiger partial charge on any atom is 0.127 e. The van der Waals surface area contributed by atoms with E-state index in [4.69, 9.17) is 0 Å². The highest BCUT2D eigenvalue weighted by molar-refractivity contribution is 5.88. The lowest BCUT2D eigenvalue weighted by atomic mass is 9.97. The lowest BCUT2D eigenvalue weighted by Gasteiger charge is -2.11. The minimum absolute atomic E-state index is 0.253. The number of rotatable bonds is 6. The van der Waals surface area contributed by atoms with Gasteiger partial charge in [-0.25, -0.2) is 0 Å². The Labute approximate surface area is 191 Å². The van der Waals surface area contributed by atoms with Crippen molar-refractivity contribution in [1.29, 1.82) is 0 Å². The third-order valence-corrected chi connectivity index (χ3v) is 5.57. The molecule has 4 nitrogen and oxygen atoms in total. The molecule has 0 atom stereocenters. The third kappa shape index (κ3) is 5.44. The van der Waals surface area contributed by atoms with Crippen LogP contribution in [0.1, 0.15) is 72.9 Å². The molecule has 3 aromatic rings. The fraction of sp³-hybridized carbons (Fsp3) is 0.286. The van der Waals surface area contributed by atoms with Crippen LogP contribution in [0.4, 0.5) is 11.4 Å². The van der Waals surface area contributed by atoms with E-state index in [0.29, 0.717) is 23.0 Å². The zero-order valence-electron chi connectivity index (χ0n) is 19.7. The van der Waals surface area contributed by atoms with Gasteiger partial charge >= 0.3 is 0 Å². The number of phenols is 2. The Bertz CT molecular complexity index is 1090. The Morgan fingerprint density at radius 3 is 1.44 bits per heavy atom. The molecule has 0 aliphatic rings. The normalized spacial score (nSPS) is 12.0. The number of hydrogen-bond acceptors (Lipinski definition) is 4. The van der Waals surface area contributed by atoms with Crippen molar-refractivity contribution in [2.24, 2.45) is 9.98 Å². The van der Waals surface area contributed by atoms with E-state index in [1.165, 1.54) is 11.1 Å². The first-order valence-electron chi connectivity index (χ1n) is 11.0. The van der Waals surface area contributed by atoms with Crippen LogP contribution in [0.15, 0.2) is 58.5 Å². The highest BCUT2D eigenvalue weighted by Gasteiger charge is 2.09. The molecule has 4 heteroatoms. The summed E-state index contributed by atoms with van der Waals surface area (Å²) in [5.74, 6) is 1.24. The summed E-state index contributed by atoms with van der Waals surface area (Å²) < 4.78 is 0. The van der Waals surface area contributed by atoms with E-state index in [1.54, 1.807) is 12.4 Å². The topological polar surface area (TPSA) is 65.2 Å². The lowest BCUT2D eigenvalue weighted by molar-refractivity contribution is 0.469. The van der Waals surface area contributed by atoms with E-state index < -0.39 is 0 Å². The van der Waals surface area contributed by atoms with Gasteiger partial charge in [0.1, 0.15) is 11.5 Å². The standard InChI is InChI=1S/C28H32N2O2/c1-17(2)21-10-19(5)27(31)23(12-21)15-29-25-8-7-9-26(14-25)30-16-24-13-22(18(3)4)11-20(6)28(24)32/h7-18,31-32H,1-6H3. The molecule has 3 rings (SSSR count). The molecule has 0 aromatic heterocycles. The van der Waals surface area contributed by atoms with E-state index in [2.05, 4.69) is 37.7 Å². The van der Waals surface area contributed by atoms with Crippen LogP contribution in [0.3, 0.4) is 0 Å². The Morgan fingerprint density at radius 1 is 0.656 bits per heavy atom. The van der Waals surface area contributed by atoms with Crippen LogP contribution in [-0.4, -0.2) is 22.6 Å². The summed E-state index contributed by atoms with van der Waals surface area (Å²) in [7, 11) is 0. The van der Waals surface area contributed by atoms with Crippen molar-refractivity contribution in [3.63, 3.8) is 0 Å². The van der Waals surface area contributed by atoms with Gasteiger partial charge in [0, 0.05) is 23.6 Å². The Hall–Kier alpha value is -3.40. The predicted octanol–water partition coefficient (Wildman–Crippen LogP) is 7.46. The number of hydrogen-bond donors (Lipinski definition) is 2. The van der Waals surface area contributed by atoms with Gasteiger partial charge in [0.2, 0.25) is 0 Å². The fourth-order valence-electron chi connectivity index (χ4n) is 3.48. The van der Waals surface area contributed by atoms with Gasteiger partial charge in [-0.1, -0.05) is 45.9 Å². The molecule has 0 radical (unpaired) electrons. The molecule has 0 unspecified atom stereocenters. The predicted molar refractivity (Wildman–Crippen MR) is 135 cm³/mol. The summed E-state index contributed by atoms with van der Waals surface area (Å²) in [6.45, 7) is 12.3. The molecule has 166 valence electrons. The molecule has 0 aliphatic carbocycles. The first-order valence-corrected chi connectivity index (χ1v) is 11.0. The number of aromatic hydroxyl groups is 2. The number of aliphatic imine (C=N–C) groups is 2. The maximum atomic E-state index is 10.4. The van der Waals surface area contributed by atoms with Crippen molar-refractivity contribution in [1.82, 2.24) is 0 Å². The van der Waals surface area contributed by atoms with E-state index in [-0.39, 0.29) is 11.5 Å². The molecule has 0 fully saturated rings. The lowest BCUT2D eigenvalue weighted by Crippen LogP contribution is -1.93. The number of benzene rings is 3. The Balaban J connectivity index is 1.87. The molecule has 2 N–H and O–H groups in total. The van der Waals surface area contributed by atoms with E-state index in [9.17, 15) is 10.2 Å². The molecule has 0 saturated heterocycles. The molecular formula is C28H32N2O2. The summed E-state index contributed by atoms with van der Waals surface area (Å²) >= 11 is 0. The van der Waals surface area contributed by atoms with Crippen LogP contribution in [0.25, 0.3) is 0 Å². The van der Waals surface area contributed by atoms with Gasteiger partial charge in [-0.3, -0.25) is 9.98 Å². The molecular weight excluding hydrogens is 396 g/mol. The average molecular weight is 429 g/mol. The SMILES string of the molecule is Cc1cc(C(C)C)cc(C=Nc2cccc(N=Cc3cc(C(C)C)cc(C)c3O)c2)c1O. The number of nitrogens with zero attached hydrogens (tertiary/aromatic N) is 2. The monoisotopic (exact) mass is 428 g/mol. The summed E-state index contributed by atoms with van der Waals surface area (Å²) in [6, 6.07) is 15.5. The minimum Gasteiger partial charge on any atom is -0.507 e. The van der Waals surface area contributed by atoms with Crippen molar-refractivity contribution in [3.05, 3.63) is 81.9 Å². The van der Waals surface area contributed by atoms with Gasteiger partial charge in [-0.05, 0) is 78.3 Å². The Morgan fingerprint density at radius 2 is 1.06 bits per heavy atom. The largest absolute Gasteiger partial charge is 0.507 e. The van der Waals surface area contributed by atoms with Crippen molar-refractivity contribution in [3.8, 4) is 11.5 Å². The second kappa shape index (κ2) is 9.82. The van der Waals surface area contributed by atoms with Gasteiger partial charge in [0.15, 0.2) is 0 Å². The average Bonchev–Trinajstić information content (AvgIpc) is 2.75. The first-order chi connectivity index (χ1) is 15.2. The number of aryl methyl sites for hydroxylation is 2.